The molecule has 2 atom stereocenters. The zero-order valence-electron chi connectivity index (χ0n) is 14.9. The number of ether oxygens (including phenoxy) is 1. The summed E-state index contributed by atoms with van der Waals surface area (Å²) in [6.45, 7) is 0.644. The number of carboxylic acid groups (broad SMARTS) is 1. The van der Waals surface area contributed by atoms with Gasteiger partial charge in [-0.2, -0.15) is 0 Å². The van der Waals surface area contributed by atoms with E-state index in [9.17, 15) is 14.3 Å². The summed E-state index contributed by atoms with van der Waals surface area (Å²) < 4.78 is 20.8. The molecule has 3 aromatic rings. The summed E-state index contributed by atoms with van der Waals surface area (Å²) in [6.07, 6.45) is 1.39. The SMILES string of the molecule is COc1ccc(F)cc1C(c1csc2ccccc12)N1CCCC1C(=O)O. The minimum Gasteiger partial charge on any atom is -0.496 e. The number of carboxylic acids is 1. The molecule has 2 aromatic carbocycles. The molecule has 1 fully saturated rings. The van der Waals surface area contributed by atoms with Crippen LogP contribution in [-0.4, -0.2) is 35.7 Å². The lowest BCUT2D eigenvalue weighted by Crippen LogP contribution is -2.39. The average Bonchev–Trinajstić information content (AvgIpc) is 3.30. The zero-order valence-corrected chi connectivity index (χ0v) is 15.7. The van der Waals surface area contributed by atoms with Gasteiger partial charge in [0.2, 0.25) is 0 Å². The van der Waals surface area contributed by atoms with E-state index in [1.54, 1.807) is 24.5 Å². The minimum atomic E-state index is -0.840. The van der Waals surface area contributed by atoms with Crippen LogP contribution < -0.4 is 4.74 Å². The fourth-order valence-corrected chi connectivity index (χ4v) is 5.00. The van der Waals surface area contributed by atoms with Crippen LogP contribution in [0.1, 0.15) is 30.0 Å². The highest BCUT2D eigenvalue weighted by Gasteiger charge is 2.38. The molecule has 4 rings (SSSR count). The Labute approximate surface area is 160 Å². The number of benzene rings is 2. The molecule has 6 heteroatoms. The van der Waals surface area contributed by atoms with Crippen molar-refractivity contribution in [1.82, 2.24) is 4.90 Å². The van der Waals surface area contributed by atoms with E-state index in [1.807, 2.05) is 29.2 Å². The third kappa shape index (κ3) is 3.19. The lowest BCUT2D eigenvalue weighted by molar-refractivity contribution is -0.142. The Balaban J connectivity index is 1.93. The van der Waals surface area contributed by atoms with Crippen LogP contribution in [0.3, 0.4) is 0 Å². The summed E-state index contributed by atoms with van der Waals surface area (Å²) in [7, 11) is 1.55. The number of fused-ring (bicyclic) bond motifs is 1. The van der Waals surface area contributed by atoms with Crippen molar-refractivity contribution in [1.29, 1.82) is 0 Å². The highest BCUT2D eigenvalue weighted by Crippen LogP contribution is 2.43. The number of likely N-dealkylation sites (tertiary alicyclic amines) is 1. The van der Waals surface area contributed by atoms with Gasteiger partial charge in [0.1, 0.15) is 17.6 Å². The van der Waals surface area contributed by atoms with Crippen molar-refractivity contribution in [2.24, 2.45) is 0 Å². The van der Waals surface area contributed by atoms with Gasteiger partial charge < -0.3 is 9.84 Å². The molecule has 1 N–H and O–H groups in total. The van der Waals surface area contributed by atoms with Gasteiger partial charge in [0, 0.05) is 16.8 Å². The summed E-state index contributed by atoms with van der Waals surface area (Å²) in [6, 6.07) is 11.5. The molecule has 0 saturated carbocycles. The molecule has 0 bridgehead atoms. The average molecular weight is 385 g/mol. The molecule has 0 aliphatic carbocycles. The number of thiophene rings is 1. The molecule has 2 unspecified atom stereocenters. The van der Waals surface area contributed by atoms with E-state index in [0.717, 1.165) is 22.1 Å². The summed E-state index contributed by atoms with van der Waals surface area (Å²) >= 11 is 1.61. The zero-order chi connectivity index (χ0) is 19.0. The molecule has 1 saturated heterocycles. The lowest BCUT2D eigenvalue weighted by atomic mass is 9.94. The minimum absolute atomic E-state index is 0.360. The van der Waals surface area contributed by atoms with Gasteiger partial charge in [-0.25, -0.2) is 4.39 Å². The first-order valence-corrected chi connectivity index (χ1v) is 9.76. The summed E-state index contributed by atoms with van der Waals surface area (Å²) in [5, 5.41) is 12.8. The van der Waals surface area contributed by atoms with E-state index < -0.39 is 12.0 Å². The Morgan fingerprint density at radius 1 is 1.30 bits per heavy atom. The van der Waals surface area contributed by atoms with Crippen LogP contribution in [0.25, 0.3) is 10.1 Å². The first-order valence-electron chi connectivity index (χ1n) is 8.88. The second kappa shape index (κ2) is 7.29. The Kier molecular flexibility index (Phi) is 4.85. The van der Waals surface area contributed by atoms with Crippen LogP contribution in [0.2, 0.25) is 0 Å². The van der Waals surface area contributed by atoms with Gasteiger partial charge in [-0.05, 0) is 53.4 Å². The molecule has 0 spiro atoms. The van der Waals surface area contributed by atoms with E-state index in [2.05, 4.69) is 5.38 Å². The molecular formula is C21H20FNO3S. The predicted octanol–water partition coefficient (Wildman–Crippen LogP) is 4.69. The van der Waals surface area contributed by atoms with Gasteiger partial charge in [-0.1, -0.05) is 18.2 Å². The molecule has 2 heterocycles. The topological polar surface area (TPSA) is 49.8 Å². The molecule has 0 amide bonds. The second-order valence-electron chi connectivity index (χ2n) is 6.71. The van der Waals surface area contributed by atoms with Crippen LogP contribution in [0, 0.1) is 5.82 Å². The van der Waals surface area contributed by atoms with Crippen molar-refractivity contribution in [2.75, 3.05) is 13.7 Å². The van der Waals surface area contributed by atoms with Crippen molar-refractivity contribution >= 4 is 27.4 Å². The Morgan fingerprint density at radius 3 is 2.89 bits per heavy atom. The molecule has 0 radical (unpaired) electrons. The van der Waals surface area contributed by atoms with E-state index in [0.29, 0.717) is 24.3 Å². The maximum absolute atomic E-state index is 14.2. The maximum Gasteiger partial charge on any atom is 0.320 e. The molecule has 1 aliphatic heterocycles. The number of aliphatic carboxylic acids is 1. The highest BCUT2D eigenvalue weighted by atomic mass is 32.1. The predicted molar refractivity (Wildman–Crippen MR) is 104 cm³/mol. The molecule has 27 heavy (non-hydrogen) atoms. The Bertz CT molecular complexity index is 986. The standard InChI is InChI=1S/C21H20FNO3S/c1-26-18-9-8-13(22)11-15(18)20(23-10-4-6-17(23)21(24)25)16-12-27-19-7-3-2-5-14(16)19/h2-3,5,7-9,11-12,17,20H,4,6,10H2,1H3,(H,24,25). The number of methoxy groups -OCH3 is 1. The third-order valence-electron chi connectivity index (χ3n) is 5.20. The number of hydrogen-bond donors (Lipinski definition) is 1. The van der Waals surface area contributed by atoms with Crippen molar-refractivity contribution in [3.63, 3.8) is 0 Å². The lowest BCUT2D eigenvalue weighted by Gasteiger charge is -2.32. The molecule has 1 aromatic heterocycles. The van der Waals surface area contributed by atoms with Crippen molar-refractivity contribution < 1.29 is 19.0 Å². The molecule has 1 aliphatic rings. The fraction of sp³-hybridized carbons (Fsp3) is 0.286. The molecule has 4 nitrogen and oxygen atoms in total. The van der Waals surface area contributed by atoms with Crippen LogP contribution in [-0.2, 0) is 4.79 Å². The van der Waals surface area contributed by atoms with Crippen LogP contribution in [0.15, 0.2) is 47.8 Å². The van der Waals surface area contributed by atoms with Crippen LogP contribution in [0.5, 0.6) is 5.75 Å². The Morgan fingerprint density at radius 2 is 2.11 bits per heavy atom. The van der Waals surface area contributed by atoms with Crippen molar-refractivity contribution in [3.05, 3.63) is 64.8 Å². The maximum atomic E-state index is 14.2. The van der Waals surface area contributed by atoms with Crippen LogP contribution in [0.4, 0.5) is 4.39 Å². The normalized spacial score (nSPS) is 18.7. The van der Waals surface area contributed by atoms with Gasteiger partial charge in [-0.3, -0.25) is 9.69 Å². The number of carbonyl (C=O) groups is 1. The van der Waals surface area contributed by atoms with E-state index in [1.165, 1.54) is 12.1 Å². The van der Waals surface area contributed by atoms with Gasteiger partial charge in [0.15, 0.2) is 0 Å². The van der Waals surface area contributed by atoms with Gasteiger partial charge in [0.05, 0.1) is 13.2 Å². The monoisotopic (exact) mass is 385 g/mol. The van der Waals surface area contributed by atoms with E-state index in [4.69, 9.17) is 4.74 Å². The second-order valence-corrected chi connectivity index (χ2v) is 7.62. The van der Waals surface area contributed by atoms with Gasteiger partial charge >= 0.3 is 5.97 Å². The van der Waals surface area contributed by atoms with E-state index in [-0.39, 0.29) is 11.9 Å². The number of hydrogen-bond acceptors (Lipinski definition) is 4. The first-order chi connectivity index (χ1) is 13.1. The highest BCUT2D eigenvalue weighted by molar-refractivity contribution is 7.17. The van der Waals surface area contributed by atoms with Gasteiger partial charge in [-0.15, -0.1) is 11.3 Å². The third-order valence-corrected chi connectivity index (χ3v) is 6.18. The summed E-state index contributed by atoms with van der Waals surface area (Å²) in [4.78, 5) is 13.8. The van der Waals surface area contributed by atoms with Crippen molar-refractivity contribution in [2.45, 2.75) is 24.9 Å². The Hall–Kier alpha value is -2.44. The fourth-order valence-electron chi connectivity index (χ4n) is 4.02. The van der Waals surface area contributed by atoms with Crippen LogP contribution >= 0.6 is 11.3 Å². The number of nitrogens with zero attached hydrogens (tertiary/aromatic N) is 1. The summed E-state index contributed by atoms with van der Waals surface area (Å²) in [5.41, 5.74) is 1.65. The van der Waals surface area contributed by atoms with Gasteiger partial charge in [0.25, 0.3) is 0 Å². The number of rotatable bonds is 5. The summed E-state index contributed by atoms with van der Waals surface area (Å²) in [5.74, 6) is -0.637. The first kappa shape index (κ1) is 17.9. The largest absolute Gasteiger partial charge is 0.496 e. The van der Waals surface area contributed by atoms with E-state index >= 15 is 0 Å². The quantitative estimate of drug-likeness (QED) is 0.692. The molecule has 140 valence electrons. The molecular weight excluding hydrogens is 365 g/mol. The van der Waals surface area contributed by atoms with Crippen molar-refractivity contribution in [3.8, 4) is 5.75 Å². The number of halogens is 1. The smallest absolute Gasteiger partial charge is 0.320 e.